The molecule has 0 radical (unpaired) electrons. The van der Waals surface area contributed by atoms with Crippen LogP contribution in [0.25, 0.3) is 0 Å². The van der Waals surface area contributed by atoms with Crippen LogP contribution in [0.5, 0.6) is 0 Å². The largest absolute Gasteiger partial charge is 0.330 e. The normalized spacial score (nSPS) is 23.4. The zero-order valence-electron chi connectivity index (χ0n) is 13.2. The first-order chi connectivity index (χ1) is 9.26. The van der Waals surface area contributed by atoms with Gasteiger partial charge in [-0.2, -0.15) is 17.4 Å². The van der Waals surface area contributed by atoms with Crippen LogP contribution in [0.4, 0.5) is 0 Å². The Morgan fingerprint density at radius 3 is 2.55 bits per heavy atom. The first kappa shape index (κ1) is 17.8. The number of piperidine rings is 1. The minimum Gasteiger partial charge on any atom is -0.330 e. The van der Waals surface area contributed by atoms with Crippen LogP contribution < -0.4 is 10.5 Å². The molecule has 1 aliphatic rings. The molecule has 6 nitrogen and oxygen atoms in total. The SMILES string of the molecule is CC(C)C(CN(C)C)NS(=O)(=O)N1CCCC(CN)C1. The van der Waals surface area contributed by atoms with Crippen molar-refractivity contribution < 1.29 is 8.42 Å². The molecule has 3 N–H and O–H groups in total. The summed E-state index contributed by atoms with van der Waals surface area (Å²) < 4.78 is 29.4. The lowest BCUT2D eigenvalue weighted by molar-refractivity contribution is 0.259. The lowest BCUT2D eigenvalue weighted by atomic mass is 10.0. The molecule has 1 aliphatic heterocycles. The number of hydrogen-bond acceptors (Lipinski definition) is 4. The highest BCUT2D eigenvalue weighted by molar-refractivity contribution is 7.87. The Bertz CT molecular complexity index is 384. The lowest BCUT2D eigenvalue weighted by Crippen LogP contribution is -2.53. The lowest BCUT2D eigenvalue weighted by Gasteiger charge is -2.34. The molecule has 7 heteroatoms. The van der Waals surface area contributed by atoms with E-state index in [4.69, 9.17) is 5.73 Å². The van der Waals surface area contributed by atoms with E-state index in [1.54, 1.807) is 4.31 Å². The molecule has 120 valence electrons. The third kappa shape index (κ3) is 5.29. The summed E-state index contributed by atoms with van der Waals surface area (Å²) in [6.07, 6.45) is 1.91. The summed E-state index contributed by atoms with van der Waals surface area (Å²) in [5.41, 5.74) is 5.68. The minimum absolute atomic E-state index is 0.0757. The van der Waals surface area contributed by atoms with E-state index in [0.29, 0.717) is 26.2 Å². The molecule has 0 aromatic rings. The van der Waals surface area contributed by atoms with Gasteiger partial charge in [-0.15, -0.1) is 0 Å². The van der Waals surface area contributed by atoms with Crippen LogP contribution >= 0.6 is 0 Å². The quantitative estimate of drug-likeness (QED) is 0.698. The summed E-state index contributed by atoms with van der Waals surface area (Å²) in [6, 6.07) is -0.0757. The molecule has 0 spiro atoms. The molecule has 1 rings (SSSR count). The standard InChI is InChI=1S/C13H30N4O2S/c1-11(2)13(10-16(3)4)15-20(18,19)17-7-5-6-12(8-14)9-17/h11-13,15H,5-10,14H2,1-4H3. The highest BCUT2D eigenvalue weighted by Gasteiger charge is 2.31. The monoisotopic (exact) mass is 306 g/mol. The van der Waals surface area contributed by atoms with Gasteiger partial charge < -0.3 is 10.6 Å². The number of nitrogens with one attached hydrogen (secondary N) is 1. The van der Waals surface area contributed by atoms with Crippen molar-refractivity contribution in [3.05, 3.63) is 0 Å². The Morgan fingerprint density at radius 1 is 1.40 bits per heavy atom. The smallest absolute Gasteiger partial charge is 0.279 e. The van der Waals surface area contributed by atoms with Crippen LogP contribution in [0.3, 0.4) is 0 Å². The van der Waals surface area contributed by atoms with Gasteiger partial charge in [0, 0.05) is 25.7 Å². The van der Waals surface area contributed by atoms with Crippen molar-refractivity contribution >= 4 is 10.2 Å². The second-order valence-electron chi connectivity index (χ2n) is 6.34. The number of nitrogens with two attached hydrogens (primary N) is 1. The van der Waals surface area contributed by atoms with Gasteiger partial charge in [0.1, 0.15) is 0 Å². The second kappa shape index (κ2) is 7.70. The van der Waals surface area contributed by atoms with Gasteiger partial charge in [0.15, 0.2) is 0 Å². The van der Waals surface area contributed by atoms with E-state index in [9.17, 15) is 8.42 Å². The Balaban J connectivity index is 2.71. The topological polar surface area (TPSA) is 78.7 Å². The Kier molecular flexibility index (Phi) is 6.87. The number of nitrogens with zero attached hydrogens (tertiary/aromatic N) is 2. The zero-order chi connectivity index (χ0) is 15.3. The molecule has 1 heterocycles. The maximum absolute atomic E-state index is 12.5. The summed E-state index contributed by atoms with van der Waals surface area (Å²) in [5.74, 6) is 0.536. The summed E-state index contributed by atoms with van der Waals surface area (Å²) in [5, 5.41) is 0. The number of hydrogen-bond donors (Lipinski definition) is 2. The Morgan fingerprint density at radius 2 is 2.05 bits per heavy atom. The Labute approximate surface area is 123 Å². The molecule has 0 bridgehead atoms. The predicted molar refractivity (Wildman–Crippen MR) is 82.6 cm³/mol. The van der Waals surface area contributed by atoms with Crippen molar-refractivity contribution in [2.75, 3.05) is 40.3 Å². The summed E-state index contributed by atoms with van der Waals surface area (Å²) in [7, 11) is 0.492. The van der Waals surface area contributed by atoms with Gasteiger partial charge in [0.25, 0.3) is 10.2 Å². The van der Waals surface area contributed by atoms with Gasteiger partial charge in [-0.3, -0.25) is 0 Å². The third-order valence-corrected chi connectivity index (χ3v) is 5.43. The van der Waals surface area contributed by atoms with Crippen LogP contribution in [0.15, 0.2) is 0 Å². The Hall–Kier alpha value is -0.210. The van der Waals surface area contributed by atoms with E-state index < -0.39 is 10.2 Å². The molecule has 1 saturated heterocycles. The average Bonchev–Trinajstić information content (AvgIpc) is 2.37. The van der Waals surface area contributed by atoms with Gasteiger partial charge in [0.05, 0.1) is 0 Å². The van der Waals surface area contributed by atoms with Gasteiger partial charge in [-0.1, -0.05) is 13.8 Å². The van der Waals surface area contributed by atoms with E-state index in [-0.39, 0.29) is 17.9 Å². The molecular weight excluding hydrogens is 276 g/mol. The summed E-state index contributed by atoms with van der Waals surface area (Å²) >= 11 is 0. The molecule has 0 aromatic heterocycles. The third-order valence-electron chi connectivity index (χ3n) is 3.82. The second-order valence-corrected chi connectivity index (χ2v) is 8.04. The fourth-order valence-electron chi connectivity index (χ4n) is 2.48. The van der Waals surface area contributed by atoms with E-state index in [0.717, 1.165) is 12.8 Å². The molecule has 0 aliphatic carbocycles. The highest BCUT2D eigenvalue weighted by Crippen LogP contribution is 2.18. The average molecular weight is 306 g/mol. The fourth-order valence-corrected chi connectivity index (χ4v) is 4.14. The van der Waals surface area contributed by atoms with E-state index in [1.165, 1.54) is 0 Å². The van der Waals surface area contributed by atoms with Crippen molar-refractivity contribution in [3.8, 4) is 0 Å². The van der Waals surface area contributed by atoms with Crippen LogP contribution in [0.2, 0.25) is 0 Å². The first-order valence-corrected chi connectivity index (χ1v) is 8.82. The maximum atomic E-state index is 12.5. The molecule has 2 atom stereocenters. The van der Waals surface area contributed by atoms with Gasteiger partial charge in [-0.25, -0.2) is 0 Å². The fraction of sp³-hybridized carbons (Fsp3) is 1.00. The van der Waals surface area contributed by atoms with Crippen LogP contribution in [0.1, 0.15) is 26.7 Å². The number of rotatable bonds is 7. The van der Waals surface area contributed by atoms with Crippen molar-refractivity contribution in [1.82, 2.24) is 13.9 Å². The van der Waals surface area contributed by atoms with E-state index in [1.807, 2.05) is 32.8 Å². The molecule has 0 aromatic carbocycles. The molecule has 0 saturated carbocycles. The first-order valence-electron chi connectivity index (χ1n) is 7.38. The van der Waals surface area contributed by atoms with Crippen LogP contribution in [-0.2, 0) is 10.2 Å². The van der Waals surface area contributed by atoms with Gasteiger partial charge in [-0.05, 0) is 45.3 Å². The summed E-state index contributed by atoms with van der Waals surface area (Å²) in [4.78, 5) is 2.01. The minimum atomic E-state index is -3.42. The van der Waals surface area contributed by atoms with E-state index >= 15 is 0 Å². The molecule has 2 unspecified atom stereocenters. The molecule has 0 amide bonds. The van der Waals surface area contributed by atoms with Crippen molar-refractivity contribution in [3.63, 3.8) is 0 Å². The van der Waals surface area contributed by atoms with E-state index in [2.05, 4.69) is 4.72 Å². The van der Waals surface area contributed by atoms with Gasteiger partial charge >= 0.3 is 0 Å². The van der Waals surface area contributed by atoms with Crippen molar-refractivity contribution in [2.45, 2.75) is 32.7 Å². The zero-order valence-corrected chi connectivity index (χ0v) is 14.0. The summed E-state index contributed by atoms with van der Waals surface area (Å²) in [6.45, 7) is 6.46. The van der Waals surface area contributed by atoms with Crippen molar-refractivity contribution in [1.29, 1.82) is 0 Å². The molecule has 1 fully saturated rings. The van der Waals surface area contributed by atoms with Crippen LogP contribution in [-0.4, -0.2) is 63.9 Å². The molecule has 20 heavy (non-hydrogen) atoms. The van der Waals surface area contributed by atoms with Crippen molar-refractivity contribution in [2.24, 2.45) is 17.6 Å². The highest BCUT2D eigenvalue weighted by atomic mass is 32.2. The van der Waals surface area contributed by atoms with Crippen LogP contribution in [0, 0.1) is 11.8 Å². The maximum Gasteiger partial charge on any atom is 0.279 e. The molecular formula is C13H30N4O2S. The van der Waals surface area contributed by atoms with Gasteiger partial charge in [0.2, 0.25) is 0 Å². The predicted octanol–water partition coefficient (Wildman–Crippen LogP) is 0.0777. The number of likely N-dealkylation sites (N-methyl/N-ethyl adjacent to an activating group) is 1.